The molecular weight excluding hydrogens is 140 g/mol. The lowest BCUT2D eigenvalue weighted by atomic mass is 10.2. The number of benzene rings is 1. The van der Waals surface area contributed by atoms with Crippen LogP contribution in [0.4, 0.5) is 0 Å². The molecule has 1 radical (unpaired) electrons. The first-order valence-corrected chi connectivity index (χ1v) is 4.22. The zero-order valence-corrected chi connectivity index (χ0v) is 7.11. The number of hydrogen-bond acceptors (Lipinski definition) is 1. The van der Waals surface area contributed by atoms with Gasteiger partial charge in [0, 0.05) is 10.6 Å². The molecule has 0 N–H and O–H groups in total. The molecule has 0 nitrogen and oxygen atoms in total. The third kappa shape index (κ3) is 2.07. The second kappa shape index (κ2) is 3.67. The van der Waals surface area contributed by atoms with Gasteiger partial charge in [-0.3, -0.25) is 0 Å². The summed E-state index contributed by atoms with van der Waals surface area (Å²) in [6, 6.07) is 8.54. The molecule has 0 saturated carbocycles. The van der Waals surface area contributed by atoms with Gasteiger partial charge in [-0.15, -0.1) is 11.8 Å². The molecular formula is C9H11S. The van der Waals surface area contributed by atoms with Gasteiger partial charge in [-0.25, -0.2) is 0 Å². The van der Waals surface area contributed by atoms with Crippen LogP contribution in [0.2, 0.25) is 0 Å². The van der Waals surface area contributed by atoms with E-state index in [0.717, 1.165) is 0 Å². The average Bonchev–Trinajstić information content (AvgIpc) is 1.95. The summed E-state index contributed by atoms with van der Waals surface area (Å²) < 4.78 is 0. The summed E-state index contributed by atoms with van der Waals surface area (Å²) in [6.07, 6.45) is 0. The van der Waals surface area contributed by atoms with Crippen molar-refractivity contribution in [2.45, 2.75) is 18.7 Å². The van der Waals surface area contributed by atoms with E-state index in [-0.39, 0.29) is 0 Å². The highest BCUT2D eigenvalue weighted by molar-refractivity contribution is 8.01. The molecule has 0 unspecified atom stereocenters. The lowest BCUT2D eigenvalue weighted by Gasteiger charge is -1.96. The van der Waals surface area contributed by atoms with Gasteiger partial charge in [-0.1, -0.05) is 24.6 Å². The van der Waals surface area contributed by atoms with Crippen molar-refractivity contribution < 1.29 is 0 Å². The Kier molecular flexibility index (Phi) is 2.82. The minimum absolute atomic E-state index is 1.31. The van der Waals surface area contributed by atoms with Crippen LogP contribution < -0.4 is 0 Å². The number of thioether (sulfide) groups is 1. The van der Waals surface area contributed by atoms with Crippen molar-refractivity contribution in [3.63, 3.8) is 0 Å². The van der Waals surface area contributed by atoms with Crippen LogP contribution in [0, 0.1) is 12.7 Å². The summed E-state index contributed by atoms with van der Waals surface area (Å²) in [5.41, 5.74) is 1.32. The average molecular weight is 151 g/mol. The number of hydrogen-bond donors (Lipinski definition) is 0. The van der Waals surface area contributed by atoms with Crippen LogP contribution in [0.5, 0.6) is 0 Å². The van der Waals surface area contributed by atoms with Crippen LogP contribution >= 0.6 is 11.8 Å². The standard InChI is InChI=1S/C9H11S/c1-3-10-9-6-4-8(2)5-7-9/h3-7H,1-2H3. The van der Waals surface area contributed by atoms with Gasteiger partial charge in [-0.05, 0) is 19.1 Å². The van der Waals surface area contributed by atoms with Crippen LogP contribution in [0.1, 0.15) is 12.5 Å². The summed E-state index contributed by atoms with van der Waals surface area (Å²) in [5, 5.41) is 0. The maximum Gasteiger partial charge on any atom is 0.0186 e. The molecule has 53 valence electrons. The Hall–Kier alpha value is -0.430. The van der Waals surface area contributed by atoms with Crippen LogP contribution in [0.25, 0.3) is 0 Å². The van der Waals surface area contributed by atoms with E-state index >= 15 is 0 Å². The molecule has 0 aliphatic rings. The number of aryl methyl sites for hydroxylation is 1. The van der Waals surface area contributed by atoms with E-state index in [1.54, 1.807) is 11.8 Å². The highest BCUT2D eigenvalue weighted by Gasteiger charge is 1.88. The second-order valence-corrected chi connectivity index (χ2v) is 3.35. The van der Waals surface area contributed by atoms with Crippen LogP contribution in [0.3, 0.4) is 0 Å². The Morgan fingerprint density at radius 3 is 2.30 bits per heavy atom. The van der Waals surface area contributed by atoms with Gasteiger partial charge in [0.05, 0.1) is 0 Å². The van der Waals surface area contributed by atoms with E-state index in [9.17, 15) is 0 Å². The summed E-state index contributed by atoms with van der Waals surface area (Å²) in [7, 11) is 0. The van der Waals surface area contributed by atoms with Gasteiger partial charge in [0.15, 0.2) is 0 Å². The molecule has 0 atom stereocenters. The van der Waals surface area contributed by atoms with Crippen molar-refractivity contribution >= 4 is 11.8 Å². The van der Waals surface area contributed by atoms with E-state index < -0.39 is 0 Å². The third-order valence-electron chi connectivity index (χ3n) is 1.27. The van der Waals surface area contributed by atoms with E-state index in [4.69, 9.17) is 0 Å². The molecule has 0 aromatic heterocycles. The molecule has 1 rings (SSSR count). The van der Waals surface area contributed by atoms with E-state index in [2.05, 4.69) is 36.9 Å². The van der Waals surface area contributed by atoms with Crippen LogP contribution in [-0.4, -0.2) is 0 Å². The molecule has 1 aromatic rings. The normalized spacial score (nSPS) is 9.80. The molecule has 0 aliphatic carbocycles. The monoisotopic (exact) mass is 151 g/mol. The minimum Gasteiger partial charge on any atom is -0.122 e. The molecule has 0 heterocycles. The molecule has 10 heavy (non-hydrogen) atoms. The quantitative estimate of drug-likeness (QED) is 0.584. The first kappa shape index (κ1) is 7.67. The van der Waals surface area contributed by atoms with Gasteiger partial charge in [0.25, 0.3) is 0 Å². The lowest BCUT2D eigenvalue weighted by Crippen LogP contribution is -1.71. The predicted octanol–water partition coefficient (Wildman–Crippen LogP) is 3.27. The first-order valence-electron chi connectivity index (χ1n) is 3.34. The maximum atomic E-state index is 2.14. The summed E-state index contributed by atoms with van der Waals surface area (Å²) in [4.78, 5) is 1.31. The summed E-state index contributed by atoms with van der Waals surface area (Å²) >= 11 is 1.76. The van der Waals surface area contributed by atoms with Crippen LogP contribution in [-0.2, 0) is 0 Å². The smallest absolute Gasteiger partial charge is 0.0186 e. The minimum atomic E-state index is 1.31. The van der Waals surface area contributed by atoms with Gasteiger partial charge < -0.3 is 0 Å². The Balaban J connectivity index is 2.69. The fourth-order valence-corrected chi connectivity index (χ4v) is 1.32. The molecule has 0 saturated heterocycles. The van der Waals surface area contributed by atoms with Gasteiger partial charge in [0.2, 0.25) is 0 Å². The zero-order valence-electron chi connectivity index (χ0n) is 6.29. The van der Waals surface area contributed by atoms with Crippen molar-refractivity contribution in [2.75, 3.05) is 0 Å². The Morgan fingerprint density at radius 1 is 1.20 bits per heavy atom. The van der Waals surface area contributed by atoms with Crippen molar-refractivity contribution in [2.24, 2.45) is 0 Å². The lowest BCUT2D eigenvalue weighted by molar-refractivity contribution is 1.38. The van der Waals surface area contributed by atoms with Gasteiger partial charge in [-0.2, -0.15) is 0 Å². The second-order valence-electron chi connectivity index (χ2n) is 2.17. The van der Waals surface area contributed by atoms with Crippen LogP contribution in [0.15, 0.2) is 29.2 Å². The SMILES string of the molecule is C[CH]Sc1ccc(C)cc1. The van der Waals surface area contributed by atoms with Crippen molar-refractivity contribution in [1.82, 2.24) is 0 Å². The molecule has 1 heteroatoms. The highest BCUT2D eigenvalue weighted by atomic mass is 32.2. The Labute approximate surface area is 66.6 Å². The fraction of sp³-hybridized carbons (Fsp3) is 0.222. The zero-order chi connectivity index (χ0) is 7.40. The maximum absolute atomic E-state index is 2.14. The fourth-order valence-electron chi connectivity index (χ4n) is 0.753. The molecule has 0 fully saturated rings. The van der Waals surface area contributed by atoms with Crippen molar-refractivity contribution in [3.8, 4) is 0 Å². The summed E-state index contributed by atoms with van der Waals surface area (Å²) in [5.74, 6) is 2.09. The van der Waals surface area contributed by atoms with E-state index in [1.807, 2.05) is 6.92 Å². The molecule has 0 aliphatic heterocycles. The first-order chi connectivity index (χ1) is 4.83. The van der Waals surface area contributed by atoms with Gasteiger partial charge >= 0.3 is 0 Å². The summed E-state index contributed by atoms with van der Waals surface area (Å²) in [6.45, 7) is 4.15. The predicted molar refractivity (Wildman–Crippen MR) is 47.0 cm³/mol. The third-order valence-corrected chi connectivity index (χ3v) is 2.05. The topological polar surface area (TPSA) is 0 Å². The largest absolute Gasteiger partial charge is 0.122 e. The Morgan fingerprint density at radius 2 is 1.80 bits per heavy atom. The van der Waals surface area contributed by atoms with E-state index in [0.29, 0.717) is 0 Å². The Bertz CT molecular complexity index is 188. The molecule has 0 spiro atoms. The molecule has 1 aromatic carbocycles. The molecule has 0 bridgehead atoms. The number of rotatable bonds is 2. The van der Waals surface area contributed by atoms with Crippen molar-refractivity contribution in [3.05, 3.63) is 35.6 Å². The van der Waals surface area contributed by atoms with Gasteiger partial charge in [0.1, 0.15) is 0 Å². The highest BCUT2D eigenvalue weighted by Crippen LogP contribution is 2.19. The van der Waals surface area contributed by atoms with E-state index in [1.165, 1.54) is 10.5 Å². The molecule has 0 amide bonds. The van der Waals surface area contributed by atoms with Crippen molar-refractivity contribution in [1.29, 1.82) is 0 Å².